The average Bonchev–Trinajstić information content (AvgIpc) is 2.79. The maximum Gasteiger partial charge on any atom is 0.335 e. The molecule has 0 atom stereocenters. The van der Waals surface area contributed by atoms with E-state index in [4.69, 9.17) is 27.9 Å². The number of anilines is 1. The Hall–Kier alpha value is -2.17. The molecule has 178 valence electrons. The SMILES string of the molecule is O=C1NC(=O)N(c2ccc(Br)cc2)C(=O)/C1=C/c1cc(Br)c(OCc2ccc(Cl)c(Cl)c2)c(Br)c1. The van der Waals surface area contributed by atoms with Gasteiger partial charge in [0.05, 0.1) is 24.7 Å². The van der Waals surface area contributed by atoms with E-state index in [2.05, 4.69) is 53.1 Å². The van der Waals surface area contributed by atoms with Gasteiger partial charge in [0.2, 0.25) is 0 Å². The minimum absolute atomic E-state index is 0.184. The van der Waals surface area contributed by atoms with E-state index < -0.39 is 17.8 Å². The van der Waals surface area contributed by atoms with E-state index in [0.717, 1.165) is 14.9 Å². The van der Waals surface area contributed by atoms with Crippen molar-refractivity contribution in [2.45, 2.75) is 6.61 Å². The number of urea groups is 1. The lowest BCUT2D eigenvalue weighted by molar-refractivity contribution is -0.122. The first-order chi connectivity index (χ1) is 16.6. The number of rotatable bonds is 5. The summed E-state index contributed by atoms with van der Waals surface area (Å²) in [4.78, 5) is 38.8. The van der Waals surface area contributed by atoms with Gasteiger partial charge in [-0.1, -0.05) is 45.2 Å². The molecule has 6 nitrogen and oxygen atoms in total. The smallest absolute Gasteiger partial charge is 0.335 e. The molecule has 4 amide bonds. The standard InChI is InChI=1S/C24H13Br3Cl2N2O4/c25-14-2-4-15(5-3-14)31-23(33)16(22(32)30-24(31)34)7-13-8-17(26)21(18(27)9-13)35-11-12-1-6-19(28)20(29)10-12/h1-10H,11H2,(H,30,32,34)/b16-7+. The molecule has 0 bridgehead atoms. The van der Waals surface area contributed by atoms with E-state index in [-0.39, 0.29) is 12.2 Å². The van der Waals surface area contributed by atoms with Gasteiger partial charge < -0.3 is 4.74 Å². The average molecular weight is 704 g/mol. The van der Waals surface area contributed by atoms with E-state index in [0.29, 0.717) is 36.0 Å². The first kappa shape index (κ1) is 25.9. The van der Waals surface area contributed by atoms with Gasteiger partial charge in [0.25, 0.3) is 11.8 Å². The summed E-state index contributed by atoms with van der Waals surface area (Å²) in [5, 5.41) is 3.09. The Morgan fingerprint density at radius 1 is 0.886 bits per heavy atom. The van der Waals surface area contributed by atoms with Crippen LogP contribution in [0.4, 0.5) is 10.5 Å². The molecule has 1 saturated heterocycles. The zero-order valence-corrected chi connectivity index (χ0v) is 23.7. The van der Waals surface area contributed by atoms with Crippen molar-refractivity contribution in [3.8, 4) is 5.75 Å². The van der Waals surface area contributed by atoms with Crippen LogP contribution in [0.1, 0.15) is 11.1 Å². The maximum atomic E-state index is 13.1. The molecule has 0 aliphatic carbocycles. The lowest BCUT2D eigenvalue weighted by Gasteiger charge is -2.26. The highest BCUT2D eigenvalue weighted by molar-refractivity contribution is 9.11. The summed E-state index contributed by atoms with van der Waals surface area (Å²) in [5.74, 6) is -0.988. The first-order valence-electron chi connectivity index (χ1n) is 9.87. The van der Waals surface area contributed by atoms with Crippen molar-refractivity contribution in [2.75, 3.05) is 4.90 Å². The van der Waals surface area contributed by atoms with Gasteiger partial charge in [-0.3, -0.25) is 14.9 Å². The molecular formula is C24H13Br3Cl2N2O4. The Morgan fingerprint density at radius 2 is 1.54 bits per heavy atom. The molecule has 11 heteroatoms. The minimum atomic E-state index is -0.812. The fraction of sp³-hybridized carbons (Fsp3) is 0.0417. The van der Waals surface area contributed by atoms with Crippen LogP contribution in [0.5, 0.6) is 5.75 Å². The van der Waals surface area contributed by atoms with Crippen LogP contribution in [0, 0.1) is 0 Å². The normalized spacial score (nSPS) is 14.9. The fourth-order valence-corrected chi connectivity index (χ4v) is 5.27. The third-order valence-electron chi connectivity index (χ3n) is 4.89. The number of amides is 4. The van der Waals surface area contributed by atoms with E-state index in [1.165, 1.54) is 6.08 Å². The van der Waals surface area contributed by atoms with Crippen LogP contribution in [0.2, 0.25) is 10.0 Å². The molecule has 0 radical (unpaired) electrons. The van der Waals surface area contributed by atoms with Crippen LogP contribution in [-0.2, 0) is 16.2 Å². The molecule has 4 rings (SSSR count). The lowest BCUT2D eigenvalue weighted by atomic mass is 10.1. The number of imide groups is 2. The van der Waals surface area contributed by atoms with Crippen molar-refractivity contribution in [1.29, 1.82) is 0 Å². The number of halogens is 5. The Balaban J connectivity index is 1.59. The van der Waals surface area contributed by atoms with Crippen molar-refractivity contribution < 1.29 is 19.1 Å². The Morgan fingerprint density at radius 3 is 2.17 bits per heavy atom. The van der Waals surface area contributed by atoms with E-state index in [1.807, 2.05) is 0 Å². The summed E-state index contributed by atoms with van der Waals surface area (Å²) in [6.07, 6.45) is 1.41. The van der Waals surface area contributed by atoms with Crippen molar-refractivity contribution in [3.05, 3.63) is 94.8 Å². The largest absolute Gasteiger partial charge is 0.487 e. The molecule has 1 N–H and O–H groups in total. The number of nitrogens with one attached hydrogen (secondary N) is 1. The second kappa shape index (κ2) is 10.8. The number of nitrogens with zero attached hydrogens (tertiary/aromatic N) is 1. The van der Waals surface area contributed by atoms with Gasteiger partial charge in [-0.15, -0.1) is 0 Å². The summed E-state index contributed by atoms with van der Waals surface area (Å²) in [6.45, 7) is 0.236. The van der Waals surface area contributed by atoms with Gasteiger partial charge in [0.15, 0.2) is 0 Å². The van der Waals surface area contributed by atoms with E-state index >= 15 is 0 Å². The van der Waals surface area contributed by atoms with Gasteiger partial charge in [-0.25, -0.2) is 9.69 Å². The lowest BCUT2D eigenvalue weighted by Crippen LogP contribution is -2.54. The summed E-state index contributed by atoms with van der Waals surface area (Å²) in [5.41, 5.74) is 1.51. The number of hydrogen-bond acceptors (Lipinski definition) is 4. The van der Waals surface area contributed by atoms with Crippen molar-refractivity contribution in [2.24, 2.45) is 0 Å². The molecule has 1 heterocycles. The van der Waals surface area contributed by atoms with Crippen LogP contribution >= 0.6 is 71.0 Å². The molecule has 1 aliphatic rings. The van der Waals surface area contributed by atoms with Crippen LogP contribution in [0.15, 0.2) is 73.6 Å². The van der Waals surface area contributed by atoms with E-state index in [9.17, 15) is 14.4 Å². The molecule has 0 unspecified atom stereocenters. The molecule has 1 aliphatic heterocycles. The highest BCUT2D eigenvalue weighted by atomic mass is 79.9. The second-order valence-corrected chi connectivity index (χ2v) is 10.7. The van der Waals surface area contributed by atoms with Crippen LogP contribution < -0.4 is 15.0 Å². The molecule has 1 fully saturated rings. The van der Waals surface area contributed by atoms with Crippen LogP contribution in [-0.4, -0.2) is 17.8 Å². The molecule has 3 aromatic carbocycles. The van der Waals surface area contributed by atoms with Gasteiger partial charge in [-0.05, 0) is 97.6 Å². The molecular weight excluding hydrogens is 691 g/mol. The van der Waals surface area contributed by atoms with Gasteiger partial charge in [0, 0.05) is 4.47 Å². The summed E-state index contributed by atoms with van der Waals surface area (Å²) in [6, 6.07) is 14.4. The van der Waals surface area contributed by atoms with E-state index in [1.54, 1.807) is 54.6 Å². The Labute approximate surface area is 235 Å². The highest BCUT2D eigenvalue weighted by Gasteiger charge is 2.36. The number of hydrogen-bond donors (Lipinski definition) is 1. The number of carbonyl (C=O) groups excluding carboxylic acids is 3. The summed E-state index contributed by atoms with van der Waals surface area (Å²) >= 11 is 22.3. The second-order valence-electron chi connectivity index (χ2n) is 7.29. The van der Waals surface area contributed by atoms with Crippen LogP contribution in [0.3, 0.4) is 0 Å². The van der Waals surface area contributed by atoms with Gasteiger partial charge >= 0.3 is 6.03 Å². The number of ether oxygens (including phenoxy) is 1. The van der Waals surface area contributed by atoms with Gasteiger partial charge in [0.1, 0.15) is 17.9 Å². The molecule has 3 aromatic rings. The Kier molecular flexibility index (Phi) is 8.02. The quantitative estimate of drug-likeness (QED) is 0.220. The monoisotopic (exact) mass is 700 g/mol. The Bertz CT molecular complexity index is 1370. The topological polar surface area (TPSA) is 75.7 Å². The summed E-state index contributed by atoms with van der Waals surface area (Å²) in [7, 11) is 0. The fourth-order valence-electron chi connectivity index (χ4n) is 3.23. The number of barbiturate groups is 1. The highest BCUT2D eigenvalue weighted by Crippen LogP contribution is 2.36. The number of carbonyl (C=O) groups is 3. The molecule has 35 heavy (non-hydrogen) atoms. The van der Waals surface area contributed by atoms with Crippen molar-refractivity contribution in [1.82, 2.24) is 5.32 Å². The minimum Gasteiger partial charge on any atom is -0.487 e. The third kappa shape index (κ3) is 5.81. The zero-order chi connectivity index (χ0) is 25.3. The summed E-state index contributed by atoms with van der Waals surface area (Å²) < 4.78 is 7.87. The zero-order valence-electron chi connectivity index (χ0n) is 17.5. The maximum absolute atomic E-state index is 13.1. The van der Waals surface area contributed by atoms with Gasteiger partial charge in [-0.2, -0.15) is 0 Å². The molecule has 0 aromatic heterocycles. The third-order valence-corrected chi connectivity index (χ3v) is 7.33. The first-order valence-corrected chi connectivity index (χ1v) is 13.0. The van der Waals surface area contributed by atoms with Crippen molar-refractivity contribution >= 4 is 101 Å². The molecule has 0 spiro atoms. The van der Waals surface area contributed by atoms with Crippen molar-refractivity contribution in [3.63, 3.8) is 0 Å². The predicted molar refractivity (Wildman–Crippen MR) is 146 cm³/mol. The predicted octanol–water partition coefficient (Wildman–Crippen LogP) is 7.53. The number of benzene rings is 3. The van der Waals surface area contributed by atoms with Crippen LogP contribution in [0.25, 0.3) is 6.08 Å². The molecule has 0 saturated carbocycles.